The van der Waals surface area contributed by atoms with Crippen LogP contribution in [0.2, 0.25) is 0 Å². The van der Waals surface area contributed by atoms with E-state index in [0.29, 0.717) is 30.4 Å². The second-order valence-corrected chi connectivity index (χ2v) is 9.55. The Bertz CT molecular complexity index is 1360. The van der Waals surface area contributed by atoms with Gasteiger partial charge in [-0.05, 0) is 55.3 Å². The van der Waals surface area contributed by atoms with E-state index >= 15 is 0 Å². The number of thioether (sulfide) groups is 1. The van der Waals surface area contributed by atoms with Crippen molar-refractivity contribution in [2.45, 2.75) is 17.7 Å². The first-order chi connectivity index (χ1) is 17.0. The molecule has 0 bridgehead atoms. The number of H-pyrrole nitrogens is 1. The molecule has 4 aromatic rings. The average Bonchev–Trinajstić information content (AvgIpc) is 3.46. The van der Waals surface area contributed by atoms with Crippen molar-refractivity contribution in [3.63, 3.8) is 0 Å². The molecule has 0 saturated carbocycles. The smallest absolute Gasteiger partial charge is 0.330 e. The molecule has 0 aliphatic carbocycles. The quantitative estimate of drug-likeness (QED) is 0.368. The molecule has 6 nitrogen and oxygen atoms in total. The number of aryl methyl sites for hydroxylation is 1. The summed E-state index contributed by atoms with van der Waals surface area (Å²) in [5, 5.41) is 10.3. The minimum Gasteiger partial charge on any atom is -0.330 e. The summed E-state index contributed by atoms with van der Waals surface area (Å²) in [6.45, 7) is 0.480. The van der Waals surface area contributed by atoms with Gasteiger partial charge in [0.1, 0.15) is 28.6 Å². The highest BCUT2D eigenvalue weighted by Crippen LogP contribution is 2.51. The van der Waals surface area contributed by atoms with Crippen LogP contribution in [0.4, 0.5) is 14.7 Å². The molecule has 1 aliphatic heterocycles. The summed E-state index contributed by atoms with van der Waals surface area (Å²) in [6, 6.07) is 23.1. The van der Waals surface area contributed by atoms with Crippen LogP contribution in [0.1, 0.15) is 24.0 Å². The maximum absolute atomic E-state index is 14.8. The van der Waals surface area contributed by atoms with Crippen molar-refractivity contribution in [3.8, 4) is 11.4 Å². The number of nitrogens with one attached hydrogen (secondary N) is 1. The zero-order valence-electron chi connectivity index (χ0n) is 19.2. The Morgan fingerprint density at radius 1 is 1.03 bits per heavy atom. The van der Waals surface area contributed by atoms with Gasteiger partial charge in [-0.1, -0.05) is 60.3 Å². The highest BCUT2D eigenvalue weighted by atomic mass is 32.2. The molecule has 1 aliphatic rings. The molecule has 1 aromatic heterocycles. The van der Waals surface area contributed by atoms with E-state index in [1.54, 1.807) is 5.01 Å². The number of hydrazone groups is 1. The molecule has 3 N–H and O–H groups in total. The van der Waals surface area contributed by atoms with Gasteiger partial charge in [-0.25, -0.2) is 8.78 Å². The van der Waals surface area contributed by atoms with Crippen LogP contribution in [0.3, 0.4) is 0 Å². The minimum absolute atomic E-state index is 0.116. The third kappa shape index (κ3) is 4.33. The predicted octanol–water partition coefficient (Wildman–Crippen LogP) is 4.69. The van der Waals surface area contributed by atoms with Crippen molar-refractivity contribution in [1.82, 2.24) is 10.1 Å². The SMILES string of the molecule is C[n+]1[nH]c(N2N=C(c3cc(F)ccc3F)SC2(CCCN)c2ccccc2)nc1-c1ccccc1. The lowest BCUT2D eigenvalue weighted by Crippen LogP contribution is -2.40. The minimum atomic E-state index is -0.756. The maximum Gasteiger partial charge on any atom is 0.372 e. The van der Waals surface area contributed by atoms with Crippen molar-refractivity contribution in [1.29, 1.82) is 0 Å². The molecule has 2 heterocycles. The number of nitrogens with zero attached hydrogens (tertiary/aromatic N) is 4. The number of rotatable bonds is 7. The van der Waals surface area contributed by atoms with E-state index in [-0.39, 0.29) is 5.56 Å². The summed E-state index contributed by atoms with van der Waals surface area (Å²) in [5.41, 5.74) is 7.94. The van der Waals surface area contributed by atoms with Crippen LogP contribution in [0.15, 0.2) is 84.0 Å². The number of hydrogen-bond donors (Lipinski definition) is 2. The summed E-state index contributed by atoms with van der Waals surface area (Å²) >= 11 is 1.39. The van der Waals surface area contributed by atoms with Crippen LogP contribution in [-0.4, -0.2) is 21.7 Å². The number of hydrogen-bond acceptors (Lipinski definition) is 5. The predicted molar refractivity (Wildman–Crippen MR) is 135 cm³/mol. The number of anilines is 1. The summed E-state index contributed by atoms with van der Waals surface area (Å²) in [6.07, 6.45) is 1.32. The Morgan fingerprint density at radius 3 is 2.46 bits per heavy atom. The maximum atomic E-state index is 14.8. The van der Waals surface area contributed by atoms with E-state index in [1.165, 1.54) is 17.8 Å². The topological polar surface area (TPSA) is 74.2 Å². The zero-order valence-corrected chi connectivity index (χ0v) is 20.0. The Morgan fingerprint density at radius 2 is 1.74 bits per heavy atom. The number of halogens is 2. The van der Waals surface area contributed by atoms with Crippen LogP contribution in [-0.2, 0) is 11.9 Å². The number of aromatic amines is 1. The van der Waals surface area contributed by atoms with Crippen molar-refractivity contribution >= 4 is 22.8 Å². The van der Waals surface area contributed by atoms with E-state index in [2.05, 4.69) is 5.10 Å². The van der Waals surface area contributed by atoms with Crippen LogP contribution in [0.25, 0.3) is 11.4 Å². The standard InChI is InChI=1S/C26H24F2N6S/c1-33-23(18-9-4-2-5-10-18)30-25(32-33)34-26(15-8-16-29,19-11-6-3-7-12-19)35-24(31-34)21-17-20(27)13-14-22(21)28/h2-7,9-14,17H,8,15-16,29H2,1H3/p+1. The van der Waals surface area contributed by atoms with Gasteiger partial charge in [0.25, 0.3) is 0 Å². The Balaban J connectivity index is 1.68. The monoisotopic (exact) mass is 491 g/mol. The first kappa shape index (κ1) is 23.2. The van der Waals surface area contributed by atoms with Crippen molar-refractivity contribution in [2.24, 2.45) is 17.9 Å². The third-order valence-corrected chi connectivity index (χ3v) is 7.38. The van der Waals surface area contributed by atoms with Crippen molar-refractivity contribution in [3.05, 3.63) is 102 Å². The first-order valence-electron chi connectivity index (χ1n) is 11.3. The van der Waals surface area contributed by atoms with Crippen LogP contribution < -0.4 is 15.4 Å². The molecule has 3 aromatic carbocycles. The lowest BCUT2D eigenvalue weighted by Gasteiger charge is -2.34. The van der Waals surface area contributed by atoms with Gasteiger partial charge in [0.15, 0.2) is 0 Å². The van der Waals surface area contributed by atoms with E-state index < -0.39 is 16.5 Å². The van der Waals surface area contributed by atoms with Crippen LogP contribution in [0, 0.1) is 11.6 Å². The van der Waals surface area contributed by atoms with E-state index in [4.69, 9.17) is 15.8 Å². The number of aromatic nitrogens is 3. The molecule has 1 atom stereocenters. The molecular formula is C26H25F2N6S+. The third-order valence-electron chi connectivity index (χ3n) is 5.93. The highest BCUT2D eigenvalue weighted by molar-refractivity contribution is 8.15. The van der Waals surface area contributed by atoms with E-state index in [9.17, 15) is 8.78 Å². The molecule has 0 saturated heterocycles. The van der Waals surface area contributed by atoms with Gasteiger partial charge in [-0.3, -0.25) is 0 Å². The number of benzene rings is 3. The molecule has 35 heavy (non-hydrogen) atoms. The van der Waals surface area contributed by atoms with Crippen LogP contribution in [0.5, 0.6) is 0 Å². The van der Waals surface area contributed by atoms with Crippen molar-refractivity contribution < 1.29 is 13.5 Å². The van der Waals surface area contributed by atoms with Crippen LogP contribution >= 0.6 is 11.8 Å². The molecule has 178 valence electrons. The molecule has 1 unspecified atom stereocenters. The van der Waals surface area contributed by atoms with Crippen molar-refractivity contribution in [2.75, 3.05) is 11.6 Å². The van der Waals surface area contributed by atoms with Gasteiger partial charge in [0, 0.05) is 10.5 Å². The van der Waals surface area contributed by atoms with Gasteiger partial charge >= 0.3 is 11.8 Å². The van der Waals surface area contributed by atoms with Gasteiger partial charge < -0.3 is 5.73 Å². The largest absolute Gasteiger partial charge is 0.372 e. The second-order valence-electron chi connectivity index (χ2n) is 8.28. The molecule has 9 heteroatoms. The Kier molecular flexibility index (Phi) is 6.36. The normalized spacial score (nSPS) is 17.6. The van der Waals surface area contributed by atoms with Gasteiger partial charge in [0.2, 0.25) is 0 Å². The zero-order chi connectivity index (χ0) is 24.4. The number of nitrogens with two attached hydrogens (primary N) is 1. The first-order valence-corrected chi connectivity index (χ1v) is 12.1. The van der Waals surface area contributed by atoms with E-state index in [0.717, 1.165) is 29.1 Å². The molecule has 0 spiro atoms. The van der Waals surface area contributed by atoms with Gasteiger partial charge in [-0.2, -0.15) is 19.9 Å². The lowest BCUT2D eigenvalue weighted by molar-refractivity contribution is -0.716. The average molecular weight is 492 g/mol. The fraction of sp³-hybridized carbons (Fsp3) is 0.192. The fourth-order valence-corrected chi connectivity index (χ4v) is 5.67. The molecular weight excluding hydrogens is 466 g/mol. The summed E-state index contributed by atoms with van der Waals surface area (Å²) in [4.78, 5) is 4.12. The fourth-order valence-electron chi connectivity index (χ4n) is 4.25. The Hall–Kier alpha value is -3.56. The summed E-state index contributed by atoms with van der Waals surface area (Å²) in [5.74, 6) is 0.167. The molecule has 0 fully saturated rings. The summed E-state index contributed by atoms with van der Waals surface area (Å²) in [7, 11) is 1.88. The Labute approximate surface area is 206 Å². The second kappa shape index (κ2) is 9.59. The highest BCUT2D eigenvalue weighted by Gasteiger charge is 2.49. The molecule has 0 amide bonds. The van der Waals surface area contributed by atoms with Gasteiger partial charge in [-0.15, -0.1) is 0 Å². The van der Waals surface area contributed by atoms with Gasteiger partial charge in [0.05, 0.1) is 5.56 Å². The molecule has 5 rings (SSSR count). The summed E-state index contributed by atoms with van der Waals surface area (Å²) < 4.78 is 30.7. The van der Waals surface area contributed by atoms with E-state index in [1.807, 2.05) is 72.4 Å². The molecule has 0 radical (unpaired) electrons. The lowest BCUT2D eigenvalue weighted by atomic mass is 10.0.